The van der Waals surface area contributed by atoms with Crippen LogP contribution in [0.1, 0.15) is 88.0 Å². The third-order valence-corrected chi connectivity index (χ3v) is 18.4. The second kappa shape index (κ2) is 15.0. The Kier molecular flexibility index (Phi) is 13.8. The average Bonchev–Trinajstić information content (AvgIpc) is 2.78. The van der Waals surface area contributed by atoms with Crippen molar-refractivity contribution in [1.29, 1.82) is 0 Å². The molecular weight excluding hydrogens is 545 g/mol. The Bertz CT molecular complexity index is 978. The Balaban J connectivity index is 0.000000414. The summed E-state index contributed by atoms with van der Waals surface area (Å²) in [7, 11) is -3.58. The number of esters is 1. The highest BCUT2D eigenvalue weighted by Gasteiger charge is 2.42. The van der Waals surface area contributed by atoms with E-state index < -0.39 is 16.6 Å². The van der Waals surface area contributed by atoms with E-state index in [-0.39, 0.29) is 34.9 Å². The predicted octanol–water partition coefficient (Wildman–Crippen LogP) is 9.13. The van der Waals surface area contributed by atoms with Crippen molar-refractivity contribution in [3.05, 3.63) is 47.6 Å². The van der Waals surface area contributed by atoms with Gasteiger partial charge >= 0.3 is 5.97 Å². The normalized spacial score (nSPS) is 26.6. The standard InChI is InChI=1S/C18H32O3Si.C16H30O2Si/c1-13-11-16(9-10-20-15(3)19)14(2)17(12-13)21-22(7,8)18(4,5)6;1-12-10-14(8-9-17)13(2)15(11-12)18-19(6,7)16(3,4)5/h9,13,17H,2,10-12H2,1,3-8H3;8,12,15,17H,2,9-11H2,1,3-7H3/b16-9-;14-8-/t13-,17?;12-,15?/m00/s1. The Labute approximate surface area is 254 Å². The first-order chi connectivity index (χ1) is 18.5. The summed E-state index contributed by atoms with van der Waals surface area (Å²) in [5.41, 5.74) is 4.51. The largest absolute Gasteiger partial charge is 0.462 e. The number of ether oxygens (including phenoxy) is 1. The number of carbonyl (C=O) groups excluding carboxylic acids is 1. The smallest absolute Gasteiger partial charge is 0.302 e. The Morgan fingerprint density at radius 2 is 1.20 bits per heavy atom. The summed E-state index contributed by atoms with van der Waals surface area (Å²) in [4.78, 5) is 10.9. The minimum Gasteiger partial charge on any atom is -0.462 e. The molecule has 0 bridgehead atoms. The summed E-state index contributed by atoms with van der Waals surface area (Å²) < 4.78 is 18.1. The summed E-state index contributed by atoms with van der Waals surface area (Å²) in [6, 6.07) is 0. The Morgan fingerprint density at radius 3 is 1.51 bits per heavy atom. The average molecular weight is 607 g/mol. The van der Waals surface area contributed by atoms with Gasteiger partial charge in [-0.15, -0.1) is 0 Å². The lowest BCUT2D eigenvalue weighted by atomic mass is 9.81. The molecule has 2 saturated carbocycles. The molecular formula is C34H62O5Si2. The molecule has 0 heterocycles. The summed E-state index contributed by atoms with van der Waals surface area (Å²) >= 11 is 0. The lowest BCUT2D eigenvalue weighted by molar-refractivity contribution is -0.139. The molecule has 41 heavy (non-hydrogen) atoms. The molecule has 0 aromatic carbocycles. The molecule has 0 spiro atoms. The fourth-order valence-corrected chi connectivity index (χ4v) is 7.32. The second-order valence-corrected chi connectivity index (χ2v) is 24.8. The van der Waals surface area contributed by atoms with Gasteiger partial charge in [0.05, 0.1) is 18.8 Å². The summed E-state index contributed by atoms with van der Waals surface area (Å²) in [6.45, 7) is 37.5. The van der Waals surface area contributed by atoms with Crippen molar-refractivity contribution in [1.82, 2.24) is 0 Å². The van der Waals surface area contributed by atoms with Gasteiger partial charge in [0.15, 0.2) is 16.6 Å². The van der Waals surface area contributed by atoms with E-state index in [9.17, 15) is 4.79 Å². The van der Waals surface area contributed by atoms with Crippen LogP contribution >= 0.6 is 0 Å². The first-order valence-corrected chi connectivity index (χ1v) is 21.2. The van der Waals surface area contributed by atoms with Crippen LogP contribution in [-0.4, -0.2) is 53.1 Å². The van der Waals surface area contributed by atoms with E-state index in [4.69, 9.17) is 18.7 Å². The Morgan fingerprint density at radius 1 is 0.829 bits per heavy atom. The molecule has 0 aromatic rings. The summed E-state index contributed by atoms with van der Waals surface area (Å²) in [5, 5.41) is 9.53. The van der Waals surface area contributed by atoms with Gasteiger partial charge in [-0.3, -0.25) is 4.79 Å². The Hall–Kier alpha value is -1.26. The number of rotatable bonds is 7. The predicted molar refractivity (Wildman–Crippen MR) is 179 cm³/mol. The van der Waals surface area contributed by atoms with E-state index in [1.165, 1.54) is 18.1 Å². The molecule has 2 unspecified atom stereocenters. The highest BCUT2D eigenvalue weighted by atomic mass is 28.4. The van der Waals surface area contributed by atoms with Crippen LogP contribution in [0.5, 0.6) is 0 Å². The monoisotopic (exact) mass is 606 g/mol. The van der Waals surface area contributed by atoms with E-state index in [1.807, 2.05) is 12.2 Å². The first-order valence-electron chi connectivity index (χ1n) is 15.4. The molecule has 2 fully saturated rings. The van der Waals surface area contributed by atoms with E-state index in [0.29, 0.717) is 18.4 Å². The topological polar surface area (TPSA) is 65.0 Å². The van der Waals surface area contributed by atoms with Gasteiger partial charge in [0.25, 0.3) is 0 Å². The van der Waals surface area contributed by atoms with Gasteiger partial charge in [-0.2, -0.15) is 0 Å². The number of carbonyl (C=O) groups is 1. The maximum absolute atomic E-state index is 10.9. The van der Waals surface area contributed by atoms with Crippen LogP contribution in [0, 0.1) is 11.8 Å². The molecule has 0 aliphatic heterocycles. The van der Waals surface area contributed by atoms with Gasteiger partial charge in [0.2, 0.25) is 0 Å². The van der Waals surface area contributed by atoms with Crippen molar-refractivity contribution in [3.63, 3.8) is 0 Å². The molecule has 4 atom stereocenters. The zero-order chi connectivity index (χ0) is 32.0. The van der Waals surface area contributed by atoms with Crippen molar-refractivity contribution in [2.45, 2.75) is 136 Å². The van der Waals surface area contributed by atoms with E-state index in [1.54, 1.807) is 0 Å². The van der Waals surface area contributed by atoms with Crippen LogP contribution < -0.4 is 0 Å². The minimum absolute atomic E-state index is 0.0909. The second-order valence-electron chi connectivity index (χ2n) is 15.3. The molecule has 0 radical (unpaired) electrons. The lowest BCUT2D eigenvalue weighted by Gasteiger charge is -2.42. The van der Waals surface area contributed by atoms with Crippen molar-refractivity contribution in [2.24, 2.45) is 11.8 Å². The molecule has 5 nitrogen and oxygen atoms in total. The highest BCUT2D eigenvalue weighted by Crippen LogP contribution is 2.43. The third-order valence-electron chi connectivity index (χ3n) is 9.41. The quantitative estimate of drug-likeness (QED) is 0.231. The van der Waals surface area contributed by atoms with Gasteiger partial charge in [-0.1, -0.05) is 74.6 Å². The van der Waals surface area contributed by atoms with Gasteiger partial charge in [-0.25, -0.2) is 0 Å². The fraction of sp³-hybridized carbons (Fsp3) is 0.735. The number of aliphatic hydroxyl groups is 1. The van der Waals surface area contributed by atoms with Crippen molar-refractivity contribution in [2.75, 3.05) is 13.2 Å². The number of hydrogen-bond acceptors (Lipinski definition) is 5. The SMILES string of the molecule is C=C1/C(=C\CO)C[C@H](C)CC1O[Si](C)(C)C(C)(C)C.C=C1/C(=C\COC(C)=O)C[C@H](C)CC1O[Si](C)(C)C(C)(C)C. The zero-order valence-corrected chi connectivity index (χ0v) is 30.7. The third kappa shape index (κ3) is 11.4. The van der Waals surface area contributed by atoms with E-state index in [0.717, 1.165) is 36.8 Å². The maximum Gasteiger partial charge on any atom is 0.302 e. The van der Waals surface area contributed by atoms with Gasteiger partial charge in [0, 0.05) is 6.92 Å². The van der Waals surface area contributed by atoms with Crippen molar-refractivity contribution < 1.29 is 23.5 Å². The van der Waals surface area contributed by atoms with Crippen LogP contribution in [0.2, 0.25) is 36.3 Å². The van der Waals surface area contributed by atoms with Crippen LogP contribution in [0.15, 0.2) is 47.6 Å². The molecule has 2 aliphatic rings. The minimum atomic E-state index is -1.82. The molecule has 0 amide bonds. The summed E-state index contributed by atoms with van der Waals surface area (Å²) in [5.74, 6) is 0.905. The van der Waals surface area contributed by atoms with Gasteiger partial charge in [-0.05, 0) is 102 Å². The van der Waals surface area contributed by atoms with Crippen LogP contribution in [0.25, 0.3) is 0 Å². The molecule has 2 rings (SSSR count). The van der Waals surface area contributed by atoms with Gasteiger partial charge in [0.1, 0.15) is 6.61 Å². The highest BCUT2D eigenvalue weighted by molar-refractivity contribution is 6.74. The van der Waals surface area contributed by atoms with Crippen molar-refractivity contribution >= 4 is 22.6 Å². The molecule has 0 saturated heterocycles. The van der Waals surface area contributed by atoms with E-state index >= 15 is 0 Å². The number of hydrogen-bond donors (Lipinski definition) is 1. The van der Waals surface area contributed by atoms with Crippen molar-refractivity contribution in [3.8, 4) is 0 Å². The van der Waals surface area contributed by atoms with Crippen LogP contribution in [0.4, 0.5) is 0 Å². The van der Waals surface area contributed by atoms with Crippen LogP contribution in [0.3, 0.4) is 0 Å². The molecule has 1 N–H and O–H groups in total. The lowest BCUT2D eigenvalue weighted by Crippen LogP contribution is -2.45. The zero-order valence-electron chi connectivity index (χ0n) is 28.7. The molecule has 236 valence electrons. The summed E-state index contributed by atoms with van der Waals surface area (Å²) in [6.07, 6.45) is 8.16. The van der Waals surface area contributed by atoms with Crippen LogP contribution in [-0.2, 0) is 18.4 Å². The fourth-order valence-electron chi connectivity index (χ4n) is 4.71. The molecule has 2 aliphatic carbocycles. The molecule has 0 aromatic heterocycles. The maximum atomic E-state index is 10.9. The first kappa shape index (κ1) is 37.8. The van der Waals surface area contributed by atoms with E-state index in [2.05, 4.69) is 94.7 Å². The molecule has 7 heteroatoms. The number of aliphatic hydroxyl groups excluding tert-OH is 1. The van der Waals surface area contributed by atoms with Gasteiger partial charge < -0.3 is 18.7 Å².